The summed E-state index contributed by atoms with van der Waals surface area (Å²) in [5, 5.41) is 0. The Morgan fingerprint density at radius 2 is 1.57 bits per heavy atom. The molecule has 12 nitrogen and oxygen atoms in total. The van der Waals surface area contributed by atoms with Crippen LogP contribution in [0.1, 0.15) is 79.1 Å². The van der Waals surface area contributed by atoms with E-state index in [0.29, 0.717) is 50.5 Å². The second-order valence-electron chi connectivity index (χ2n) is 15.0. The first-order valence-electron chi connectivity index (χ1n) is 18.2. The number of cyclic esters (lactones) is 1. The van der Waals surface area contributed by atoms with Crippen molar-refractivity contribution < 1.29 is 57.1 Å². The summed E-state index contributed by atoms with van der Waals surface area (Å²) < 4.78 is 48.1. The molecule has 12 heteroatoms. The summed E-state index contributed by atoms with van der Waals surface area (Å²) >= 11 is 0. The maximum Gasteiger partial charge on any atom is 0.306 e. The second kappa shape index (κ2) is 15.1. The minimum atomic E-state index is -0.687. The Morgan fingerprint density at radius 3 is 2.24 bits per heavy atom. The zero-order chi connectivity index (χ0) is 35.1. The molecule has 3 heterocycles. The molecule has 3 aliphatic carbocycles. The van der Waals surface area contributed by atoms with Gasteiger partial charge in [-0.05, 0) is 68.8 Å². The molecule has 3 aliphatic heterocycles. The van der Waals surface area contributed by atoms with Crippen molar-refractivity contribution in [2.75, 3.05) is 21.3 Å². The van der Waals surface area contributed by atoms with Gasteiger partial charge in [0, 0.05) is 46.0 Å². The van der Waals surface area contributed by atoms with E-state index in [9.17, 15) is 19.2 Å². The molecule has 3 saturated heterocycles. The second-order valence-corrected chi connectivity index (χ2v) is 15.0. The number of allylic oxidation sites excluding steroid dienone is 2. The van der Waals surface area contributed by atoms with Crippen molar-refractivity contribution in [3.05, 3.63) is 11.6 Å². The van der Waals surface area contributed by atoms with Crippen LogP contribution in [0, 0.1) is 41.4 Å². The van der Waals surface area contributed by atoms with Gasteiger partial charge < -0.3 is 37.9 Å². The van der Waals surface area contributed by atoms with Crippen LogP contribution >= 0.6 is 0 Å². The molecule has 0 radical (unpaired) electrons. The molecule has 2 saturated carbocycles. The van der Waals surface area contributed by atoms with Crippen LogP contribution in [0.3, 0.4) is 0 Å². The highest BCUT2D eigenvalue weighted by Crippen LogP contribution is 2.61. The highest BCUT2D eigenvalue weighted by atomic mass is 16.7. The smallest absolute Gasteiger partial charge is 0.306 e. The number of Topliss-reactive ketones (excluding diaryl/α,β-unsaturated/α-hetero) is 1. The summed E-state index contributed by atoms with van der Waals surface area (Å²) in [6.45, 7) is 7.09. The molecular formula is C37H54O12. The molecule has 5 fully saturated rings. The molecule has 6 aliphatic rings. The minimum Gasteiger partial charge on any atom is -0.462 e. The van der Waals surface area contributed by atoms with E-state index in [1.165, 1.54) is 6.92 Å². The zero-order valence-corrected chi connectivity index (χ0v) is 29.9. The molecule has 16 atom stereocenters. The van der Waals surface area contributed by atoms with Crippen molar-refractivity contribution in [1.82, 2.24) is 0 Å². The van der Waals surface area contributed by atoms with Crippen LogP contribution < -0.4 is 0 Å². The number of carbonyl (C=O) groups excluding carboxylic acids is 4. The van der Waals surface area contributed by atoms with E-state index in [4.69, 9.17) is 37.9 Å². The normalized spacial score (nSPS) is 45.4. The Kier molecular flexibility index (Phi) is 11.2. The maximum atomic E-state index is 14.4. The number of ketones is 1. The summed E-state index contributed by atoms with van der Waals surface area (Å²) in [5.74, 6) is -2.41. The van der Waals surface area contributed by atoms with Crippen molar-refractivity contribution in [1.29, 1.82) is 0 Å². The molecular weight excluding hydrogens is 636 g/mol. The summed E-state index contributed by atoms with van der Waals surface area (Å²) in [4.78, 5) is 53.0. The van der Waals surface area contributed by atoms with Gasteiger partial charge in [0.1, 0.15) is 36.6 Å². The van der Waals surface area contributed by atoms with E-state index in [0.717, 1.165) is 0 Å². The highest BCUT2D eigenvalue weighted by molar-refractivity contribution is 5.99. The molecule has 0 N–H and O–H groups in total. The molecule has 49 heavy (non-hydrogen) atoms. The first kappa shape index (κ1) is 36.4. The van der Waals surface area contributed by atoms with E-state index in [1.807, 2.05) is 20.8 Å². The summed E-state index contributed by atoms with van der Waals surface area (Å²) in [7, 11) is 4.85. The highest BCUT2D eigenvalue weighted by Gasteiger charge is 2.63. The van der Waals surface area contributed by atoms with Crippen LogP contribution in [-0.4, -0.2) is 100 Å². The van der Waals surface area contributed by atoms with Crippen molar-refractivity contribution in [3.63, 3.8) is 0 Å². The number of fused-ring (bicyclic) bond motifs is 8. The SMILES string of the molecule is CC[C@H]1CCC[C@H](OC(C)=O)[C@@H](C)C(=O)C2=C[C@H]3[C@@H]4C[C@H](O[C@@H]5OC(C)[C@H](OC)C(OC)C5OC)C[C@H]4C4CC(=O)OC4[C@H]3[C@@H]2CC(=O)O1. The molecule has 6 rings (SSSR count). The fourth-order valence-corrected chi connectivity index (χ4v) is 10.2. The summed E-state index contributed by atoms with van der Waals surface area (Å²) in [5.41, 5.74) is 0.564. The lowest BCUT2D eigenvalue weighted by atomic mass is 9.60. The molecule has 0 aromatic rings. The monoisotopic (exact) mass is 690 g/mol. The lowest BCUT2D eigenvalue weighted by Gasteiger charge is -2.45. The van der Waals surface area contributed by atoms with E-state index in [-0.39, 0.29) is 78.1 Å². The van der Waals surface area contributed by atoms with Crippen molar-refractivity contribution in [2.45, 2.75) is 134 Å². The van der Waals surface area contributed by atoms with E-state index in [2.05, 4.69) is 6.08 Å². The fraction of sp³-hybridized carbons (Fsp3) is 0.838. The maximum absolute atomic E-state index is 14.4. The average molecular weight is 691 g/mol. The Hall–Kier alpha value is -2.38. The Balaban J connectivity index is 1.31. The predicted octanol–water partition coefficient (Wildman–Crippen LogP) is 3.95. The number of methoxy groups -OCH3 is 3. The van der Waals surface area contributed by atoms with Crippen LogP contribution in [0.4, 0.5) is 0 Å². The minimum absolute atomic E-state index is 0.0284. The molecule has 0 amide bonds. The van der Waals surface area contributed by atoms with Gasteiger partial charge in [-0.3, -0.25) is 19.2 Å². The molecule has 0 aromatic carbocycles. The van der Waals surface area contributed by atoms with Crippen molar-refractivity contribution >= 4 is 23.7 Å². The molecule has 5 unspecified atom stereocenters. The van der Waals surface area contributed by atoms with E-state index < -0.39 is 48.5 Å². The topological polar surface area (TPSA) is 142 Å². The van der Waals surface area contributed by atoms with Crippen LogP contribution in [0.15, 0.2) is 11.6 Å². The van der Waals surface area contributed by atoms with Crippen LogP contribution in [-0.2, 0) is 57.1 Å². The van der Waals surface area contributed by atoms with Crippen LogP contribution in [0.5, 0.6) is 0 Å². The van der Waals surface area contributed by atoms with Gasteiger partial charge in [-0.1, -0.05) is 19.9 Å². The van der Waals surface area contributed by atoms with Crippen molar-refractivity contribution in [2.24, 2.45) is 41.4 Å². The van der Waals surface area contributed by atoms with Crippen LogP contribution in [0.25, 0.3) is 0 Å². The number of esters is 3. The number of rotatable bonds is 7. The quantitative estimate of drug-likeness (QED) is 0.282. The molecule has 274 valence electrons. The van der Waals surface area contributed by atoms with Gasteiger partial charge >= 0.3 is 17.9 Å². The van der Waals surface area contributed by atoms with Gasteiger partial charge in [-0.15, -0.1) is 0 Å². The summed E-state index contributed by atoms with van der Waals surface area (Å²) in [6.07, 6.45) is 2.52. The van der Waals surface area contributed by atoms with Crippen LogP contribution in [0.2, 0.25) is 0 Å². The average Bonchev–Trinajstić information content (AvgIpc) is 3.76. The van der Waals surface area contributed by atoms with Gasteiger partial charge in [0.2, 0.25) is 0 Å². The third kappa shape index (κ3) is 6.97. The fourth-order valence-electron chi connectivity index (χ4n) is 10.2. The van der Waals surface area contributed by atoms with E-state index >= 15 is 0 Å². The number of hydrogen-bond donors (Lipinski definition) is 0. The Bertz CT molecular complexity index is 1280. The third-order valence-corrected chi connectivity index (χ3v) is 12.4. The van der Waals surface area contributed by atoms with Gasteiger partial charge in [0.25, 0.3) is 0 Å². The lowest BCUT2D eigenvalue weighted by Crippen LogP contribution is -2.59. The first-order valence-corrected chi connectivity index (χ1v) is 18.2. The third-order valence-electron chi connectivity index (χ3n) is 12.4. The number of carbonyl (C=O) groups is 4. The standard InChI is InChI=1S/C37H54O12/c1-8-20-10-9-11-28(46-19(4)38)17(2)32(41)26-14-24-22-12-21(48-37-36(44-7)35(43-6)33(42-5)18(3)45-37)13-23(22)27-16-30(40)49-34(27)31(24)25(26)15-29(39)47-20/h14,17-18,20-25,27-28,31,33-37H,8-13,15-16H2,1-7H3/t17-,18?,20+,21+,22-,23-,24+,25-,27?,28+,31-,33+,34?,35?,36?,37+/m1/s1. The molecule has 0 bridgehead atoms. The van der Waals surface area contributed by atoms with Gasteiger partial charge in [0.15, 0.2) is 12.1 Å². The van der Waals surface area contributed by atoms with Gasteiger partial charge in [0.05, 0.1) is 31.0 Å². The van der Waals surface area contributed by atoms with E-state index in [1.54, 1.807) is 21.3 Å². The predicted molar refractivity (Wildman–Crippen MR) is 173 cm³/mol. The van der Waals surface area contributed by atoms with Crippen molar-refractivity contribution in [3.8, 4) is 0 Å². The number of hydrogen-bond acceptors (Lipinski definition) is 12. The Morgan fingerprint density at radius 1 is 0.878 bits per heavy atom. The largest absolute Gasteiger partial charge is 0.462 e. The van der Waals surface area contributed by atoms with Gasteiger partial charge in [-0.25, -0.2) is 0 Å². The lowest BCUT2D eigenvalue weighted by molar-refractivity contribution is -0.314. The zero-order valence-electron chi connectivity index (χ0n) is 29.9. The number of ether oxygens (including phenoxy) is 8. The first-order chi connectivity index (χ1) is 23.5. The molecule has 0 aromatic heterocycles. The Labute approximate surface area is 289 Å². The van der Waals surface area contributed by atoms with Gasteiger partial charge in [-0.2, -0.15) is 0 Å². The molecule has 0 spiro atoms. The summed E-state index contributed by atoms with van der Waals surface area (Å²) in [6, 6.07) is 0.